The molecule has 2 aliphatic rings. The normalized spacial score (nSPS) is 24.7. The Labute approximate surface area is 163 Å². The molecule has 4 rings (SSSR count). The zero-order valence-electron chi connectivity index (χ0n) is 15.1. The number of ether oxygens (including phenoxy) is 1. The molecule has 0 spiro atoms. The largest absolute Gasteiger partial charge is 0.489 e. The molecule has 0 radical (unpaired) electrons. The molecular weight excluding hydrogens is 366 g/mol. The fourth-order valence-corrected chi connectivity index (χ4v) is 4.86. The summed E-state index contributed by atoms with van der Waals surface area (Å²) in [5.41, 5.74) is 2.14. The van der Waals surface area contributed by atoms with Crippen LogP contribution in [0.2, 0.25) is 5.02 Å². The summed E-state index contributed by atoms with van der Waals surface area (Å²) < 4.78 is 5.79. The number of aromatic nitrogens is 1. The third-order valence-electron chi connectivity index (χ3n) is 4.54. The molecule has 0 N–H and O–H groups in total. The van der Waals surface area contributed by atoms with Crippen LogP contribution in [0.4, 0.5) is 0 Å². The fourth-order valence-electron chi connectivity index (χ4n) is 3.53. The molecule has 1 fully saturated rings. The smallest absolute Gasteiger partial charge is 0.160 e. The van der Waals surface area contributed by atoms with Crippen LogP contribution in [-0.2, 0) is 0 Å². The van der Waals surface area contributed by atoms with E-state index in [1.807, 2.05) is 56.1 Å². The van der Waals surface area contributed by atoms with Crippen LogP contribution < -0.4 is 4.74 Å². The molecule has 1 aromatic heterocycles. The third-order valence-corrected chi connectivity index (χ3v) is 5.94. The number of hydrogen-bond donors (Lipinski definition) is 0. The van der Waals surface area contributed by atoms with E-state index in [1.165, 1.54) is 0 Å². The number of aliphatic imine (C=N–C) groups is 1. The molecule has 2 aromatic rings. The Morgan fingerprint density at radius 2 is 2.12 bits per heavy atom. The molecule has 26 heavy (non-hydrogen) atoms. The van der Waals surface area contributed by atoms with E-state index in [2.05, 4.69) is 28.9 Å². The second-order valence-corrected chi connectivity index (χ2v) is 8.81. The first-order valence-electron chi connectivity index (χ1n) is 8.91. The van der Waals surface area contributed by atoms with E-state index >= 15 is 0 Å². The number of rotatable bonds is 4. The average molecular weight is 388 g/mol. The average Bonchev–Trinajstić information content (AvgIpc) is 3.13. The second-order valence-electron chi connectivity index (χ2n) is 6.99. The maximum absolute atomic E-state index is 6.52. The van der Waals surface area contributed by atoms with E-state index in [1.54, 1.807) is 0 Å². The minimum atomic E-state index is -0.0147. The van der Waals surface area contributed by atoms with E-state index in [4.69, 9.17) is 21.3 Å². The Morgan fingerprint density at radius 1 is 1.27 bits per heavy atom. The van der Waals surface area contributed by atoms with Crippen LogP contribution in [0.3, 0.4) is 0 Å². The van der Waals surface area contributed by atoms with Crippen LogP contribution >= 0.6 is 23.4 Å². The van der Waals surface area contributed by atoms with Gasteiger partial charge in [-0.2, -0.15) is 0 Å². The maximum Gasteiger partial charge on any atom is 0.160 e. The summed E-state index contributed by atoms with van der Waals surface area (Å²) in [7, 11) is 0. The summed E-state index contributed by atoms with van der Waals surface area (Å²) in [5, 5.41) is 2.29. The number of amidine groups is 1. The number of pyridine rings is 1. The summed E-state index contributed by atoms with van der Waals surface area (Å²) in [4.78, 5) is 12.0. The second kappa shape index (κ2) is 7.12. The molecule has 2 aliphatic heterocycles. The Kier molecular flexibility index (Phi) is 4.84. The van der Waals surface area contributed by atoms with Gasteiger partial charge in [-0.3, -0.25) is 9.98 Å². The zero-order chi connectivity index (χ0) is 18.3. The summed E-state index contributed by atoms with van der Waals surface area (Å²) in [5.74, 6) is 0.725. The Balaban J connectivity index is 1.71. The monoisotopic (exact) mass is 387 g/mol. The van der Waals surface area contributed by atoms with Crippen LogP contribution in [0.15, 0.2) is 47.6 Å². The quantitative estimate of drug-likeness (QED) is 0.730. The molecule has 0 amide bonds. The minimum absolute atomic E-state index is 0.0147. The van der Waals surface area contributed by atoms with Crippen LogP contribution in [0.5, 0.6) is 5.75 Å². The highest BCUT2D eigenvalue weighted by atomic mass is 35.5. The molecule has 0 bridgehead atoms. The van der Waals surface area contributed by atoms with Crippen molar-refractivity contribution in [3.8, 4) is 5.75 Å². The lowest BCUT2D eigenvalue weighted by Gasteiger charge is -2.27. The van der Waals surface area contributed by atoms with Crippen molar-refractivity contribution < 1.29 is 4.74 Å². The number of hydrogen-bond acceptors (Lipinski definition) is 5. The predicted octanol–water partition coefficient (Wildman–Crippen LogP) is 5.11. The van der Waals surface area contributed by atoms with Gasteiger partial charge in [0.2, 0.25) is 0 Å². The molecule has 0 saturated carbocycles. The van der Waals surface area contributed by atoms with E-state index in [-0.39, 0.29) is 18.2 Å². The van der Waals surface area contributed by atoms with Crippen LogP contribution in [0.1, 0.15) is 44.1 Å². The lowest BCUT2D eigenvalue weighted by Crippen LogP contribution is -2.28. The van der Waals surface area contributed by atoms with Crippen LogP contribution in [0, 0.1) is 0 Å². The van der Waals surface area contributed by atoms with Gasteiger partial charge < -0.3 is 9.64 Å². The first kappa shape index (κ1) is 17.7. The highest BCUT2D eigenvalue weighted by molar-refractivity contribution is 8.14. The van der Waals surface area contributed by atoms with Crippen molar-refractivity contribution in [2.24, 2.45) is 4.99 Å². The van der Waals surface area contributed by atoms with Crippen molar-refractivity contribution in [3.63, 3.8) is 0 Å². The van der Waals surface area contributed by atoms with E-state index < -0.39 is 0 Å². The molecule has 6 heteroatoms. The van der Waals surface area contributed by atoms with Crippen LogP contribution in [-0.4, -0.2) is 33.0 Å². The number of halogens is 1. The first-order valence-corrected chi connectivity index (χ1v) is 10.2. The zero-order valence-corrected chi connectivity index (χ0v) is 16.7. The third kappa shape index (κ3) is 3.30. The highest BCUT2D eigenvalue weighted by Gasteiger charge is 2.43. The first-order chi connectivity index (χ1) is 12.5. The molecule has 3 atom stereocenters. The van der Waals surface area contributed by atoms with Gasteiger partial charge in [-0.05, 0) is 43.7 Å². The summed E-state index contributed by atoms with van der Waals surface area (Å²) in [6.07, 6.45) is 1.93. The molecule has 3 heterocycles. The summed E-state index contributed by atoms with van der Waals surface area (Å²) >= 11 is 8.35. The van der Waals surface area contributed by atoms with Crippen molar-refractivity contribution in [3.05, 3.63) is 58.9 Å². The predicted molar refractivity (Wildman–Crippen MR) is 108 cm³/mol. The van der Waals surface area contributed by atoms with Crippen LogP contribution in [0.25, 0.3) is 0 Å². The van der Waals surface area contributed by atoms with Crippen molar-refractivity contribution in [2.45, 2.75) is 44.2 Å². The van der Waals surface area contributed by atoms with E-state index in [9.17, 15) is 0 Å². The van der Waals surface area contributed by atoms with Gasteiger partial charge in [0, 0.05) is 18.0 Å². The topological polar surface area (TPSA) is 37.7 Å². The van der Waals surface area contributed by atoms with Gasteiger partial charge in [0.05, 0.1) is 22.9 Å². The van der Waals surface area contributed by atoms with Gasteiger partial charge in [0.25, 0.3) is 0 Å². The van der Waals surface area contributed by atoms with Crippen molar-refractivity contribution in [2.75, 3.05) is 6.54 Å². The standard InChI is InChI=1S/C20H22ClN3OS/c1-12(2)25-17-8-7-14(10-15(17)21)19-18(16-6-4-5-9-22-16)23-20-24(19)11-13(3)26-20/h4-10,12-13,18-19H,11H2,1-3H3/t13-,18+,19+/m0/s1. The molecule has 4 nitrogen and oxygen atoms in total. The fraction of sp³-hybridized carbons (Fsp3) is 0.400. The van der Waals surface area contributed by atoms with E-state index in [0.29, 0.717) is 10.3 Å². The van der Waals surface area contributed by atoms with Crippen molar-refractivity contribution >= 4 is 28.5 Å². The van der Waals surface area contributed by atoms with Gasteiger partial charge in [-0.1, -0.05) is 42.4 Å². The lowest BCUT2D eigenvalue weighted by atomic mass is 9.96. The Bertz CT molecular complexity index is 827. The lowest BCUT2D eigenvalue weighted by molar-refractivity contribution is 0.242. The number of thioether (sulfide) groups is 1. The number of fused-ring (bicyclic) bond motifs is 1. The van der Waals surface area contributed by atoms with E-state index in [0.717, 1.165) is 28.7 Å². The summed E-state index contributed by atoms with van der Waals surface area (Å²) in [6.45, 7) is 7.23. The summed E-state index contributed by atoms with van der Waals surface area (Å²) in [6, 6.07) is 12.2. The van der Waals surface area contributed by atoms with Gasteiger partial charge in [-0.15, -0.1) is 0 Å². The molecule has 0 unspecified atom stereocenters. The van der Waals surface area contributed by atoms with Crippen molar-refractivity contribution in [1.82, 2.24) is 9.88 Å². The maximum atomic E-state index is 6.52. The number of nitrogens with zero attached hydrogens (tertiary/aromatic N) is 3. The molecule has 136 valence electrons. The molecular formula is C20H22ClN3OS. The SMILES string of the molecule is CC(C)Oc1ccc([C@@H]2[C@@H](c3ccccn3)N=C3S[C@@H](C)CN32)cc1Cl. The molecule has 0 aliphatic carbocycles. The highest BCUT2D eigenvalue weighted by Crippen LogP contribution is 2.48. The van der Waals surface area contributed by atoms with Gasteiger partial charge in [-0.25, -0.2) is 0 Å². The van der Waals surface area contributed by atoms with Gasteiger partial charge >= 0.3 is 0 Å². The molecule has 1 aromatic carbocycles. The van der Waals surface area contributed by atoms with Gasteiger partial charge in [0.15, 0.2) is 5.17 Å². The van der Waals surface area contributed by atoms with Crippen molar-refractivity contribution in [1.29, 1.82) is 0 Å². The van der Waals surface area contributed by atoms with Gasteiger partial charge in [0.1, 0.15) is 11.8 Å². The Hall–Kier alpha value is -1.72. The Morgan fingerprint density at radius 3 is 2.81 bits per heavy atom. The minimum Gasteiger partial charge on any atom is -0.489 e. The molecule has 1 saturated heterocycles. The number of benzene rings is 1.